The van der Waals surface area contributed by atoms with Crippen LogP contribution in [-0.4, -0.2) is 98.8 Å². The van der Waals surface area contributed by atoms with Crippen molar-refractivity contribution in [3.8, 4) is 0 Å². The van der Waals surface area contributed by atoms with Crippen LogP contribution in [0, 0.1) is 0 Å². The normalized spacial score (nSPS) is 22.1. The van der Waals surface area contributed by atoms with Crippen LogP contribution in [-0.2, 0) is 33.4 Å². The van der Waals surface area contributed by atoms with Gasteiger partial charge in [-0.3, -0.25) is 19.2 Å². The van der Waals surface area contributed by atoms with Gasteiger partial charge in [-0.1, -0.05) is 41.1 Å². The van der Waals surface area contributed by atoms with Gasteiger partial charge in [-0.05, 0) is 34.5 Å². The molecule has 0 radical (unpaired) electrons. The lowest BCUT2D eigenvalue weighted by Gasteiger charge is -2.61. The number of nitrogens with zero attached hydrogens (tertiary/aromatic N) is 3. The van der Waals surface area contributed by atoms with E-state index in [9.17, 15) is 28.0 Å². The van der Waals surface area contributed by atoms with Gasteiger partial charge >= 0.3 is 5.92 Å². The Balaban J connectivity index is 1.60. The molecule has 0 bridgehead atoms. The molecule has 2 aromatic rings. The number of hydrogen-bond acceptors (Lipinski definition) is 4. The number of carbonyl (C=O) groups is 4. The van der Waals surface area contributed by atoms with Crippen molar-refractivity contribution in [1.82, 2.24) is 14.5 Å². The van der Waals surface area contributed by atoms with E-state index >= 15 is 0 Å². The molecule has 2 heterocycles. The maximum atomic E-state index is 14.9. The first-order valence-corrected chi connectivity index (χ1v) is 12.9. The summed E-state index contributed by atoms with van der Waals surface area (Å²) in [6, 6.07) is 9.73. The van der Waals surface area contributed by atoms with E-state index in [4.69, 9.17) is 11.6 Å². The molecule has 194 valence electrons. The molecule has 2 aliphatic rings. The number of hydrogen-bond donors (Lipinski definition) is 0. The molecule has 1 saturated heterocycles. The topological polar surface area (TPSA) is 78.0 Å². The number of rotatable bonds is 5. The first kappa shape index (κ1) is 29.1. The van der Waals surface area contributed by atoms with E-state index in [-0.39, 0.29) is 29.9 Å². The third-order valence-corrected chi connectivity index (χ3v) is 9.35. The molecule has 1 fully saturated rings. The van der Waals surface area contributed by atoms with Gasteiger partial charge in [0.25, 0.3) is 11.8 Å². The molecule has 2 aromatic carbocycles. The highest BCUT2D eigenvalue weighted by Crippen LogP contribution is 2.56. The highest BCUT2D eigenvalue weighted by molar-refractivity contribution is 6.68. The molecular weight excluding hydrogens is 519 g/mol. The summed E-state index contributed by atoms with van der Waals surface area (Å²) in [5, 5.41) is -1.57. The second-order valence-corrected chi connectivity index (χ2v) is 12.1. The number of halogens is 3. The number of imide groups is 1. The summed E-state index contributed by atoms with van der Waals surface area (Å²) >= 11 is 5.78. The fourth-order valence-corrected chi connectivity index (χ4v) is 5.76. The molecule has 7 nitrogen and oxygen atoms in total. The Labute approximate surface area is 237 Å². The zero-order valence-corrected chi connectivity index (χ0v) is 23.8. The molecule has 17 heteroatoms. The van der Waals surface area contributed by atoms with Crippen molar-refractivity contribution in [3.63, 3.8) is 0 Å². The van der Waals surface area contributed by atoms with E-state index < -0.39 is 39.2 Å². The standard InChI is InChI=1S/C22H25B7ClF2N3O4/c23-20(24)17(38)35(29)18(39)21(25,22(20,26)27)33-9-11-7-10(1-6-14(11)15(33)36)8-34(28)16(37)19(31,32)12-2-4-13(30)5-3-12/h1-7H,8-9,23-29H2/t21-/m1/s1. The summed E-state index contributed by atoms with van der Waals surface area (Å²) in [6.07, 6.45) is 0. The van der Waals surface area contributed by atoms with Crippen LogP contribution < -0.4 is 0 Å². The molecule has 0 unspecified atom stereocenters. The molecule has 0 spiro atoms. The number of amides is 4. The summed E-state index contributed by atoms with van der Waals surface area (Å²) in [5.74, 6) is -6.25. The Hall–Kier alpha value is -2.88. The molecule has 4 rings (SSSR count). The maximum absolute atomic E-state index is 14.9. The van der Waals surface area contributed by atoms with Gasteiger partial charge in [-0.25, -0.2) is 0 Å². The van der Waals surface area contributed by atoms with Gasteiger partial charge in [0.15, 0.2) is 0 Å². The van der Waals surface area contributed by atoms with E-state index in [0.717, 1.165) is 21.8 Å². The van der Waals surface area contributed by atoms with Crippen LogP contribution in [0.15, 0.2) is 42.5 Å². The molecule has 0 aromatic heterocycles. The SMILES string of the molecule is BN(Cc1ccc2c(c1)CN([C@]1(B)C(=O)N(B)C(=O)C(B)(B)C1(B)B)C2=O)C(=O)C(F)(F)c1ccc(Cl)cc1. The van der Waals surface area contributed by atoms with E-state index in [1.54, 1.807) is 41.7 Å². The van der Waals surface area contributed by atoms with Gasteiger partial charge < -0.3 is 14.5 Å². The predicted molar refractivity (Wildman–Crippen MR) is 162 cm³/mol. The van der Waals surface area contributed by atoms with E-state index in [1.165, 1.54) is 33.0 Å². The quantitative estimate of drug-likeness (QED) is 0.284. The Kier molecular flexibility index (Phi) is 6.98. The summed E-state index contributed by atoms with van der Waals surface area (Å²) in [4.78, 5) is 56.3. The van der Waals surface area contributed by atoms with Gasteiger partial charge in [-0.2, -0.15) is 8.78 Å². The Morgan fingerprint density at radius 1 is 1.00 bits per heavy atom. The summed E-state index contributed by atoms with van der Waals surface area (Å²) < 4.78 is 29.8. The molecule has 0 saturated carbocycles. The van der Waals surface area contributed by atoms with Crippen molar-refractivity contribution in [2.24, 2.45) is 0 Å². The average molecular weight is 545 g/mol. The van der Waals surface area contributed by atoms with Gasteiger partial charge in [0.1, 0.15) is 39.2 Å². The Morgan fingerprint density at radius 3 is 2.18 bits per heavy atom. The minimum atomic E-state index is -3.75. The highest BCUT2D eigenvalue weighted by atomic mass is 35.5. The smallest absolute Gasteiger partial charge is 0.348 e. The molecule has 0 N–H and O–H groups in total. The van der Waals surface area contributed by atoms with Crippen molar-refractivity contribution < 1.29 is 28.0 Å². The van der Waals surface area contributed by atoms with Crippen molar-refractivity contribution in [1.29, 1.82) is 0 Å². The van der Waals surface area contributed by atoms with E-state index in [1.807, 2.05) is 15.7 Å². The Morgan fingerprint density at radius 2 is 1.59 bits per heavy atom. The third kappa shape index (κ3) is 4.17. The van der Waals surface area contributed by atoms with Crippen LogP contribution in [0.1, 0.15) is 27.0 Å². The fraction of sp³-hybridized carbons (Fsp3) is 0.273. The average Bonchev–Trinajstić information content (AvgIpc) is 3.21. The molecule has 2 aliphatic heterocycles. The van der Waals surface area contributed by atoms with Crippen LogP contribution in [0.3, 0.4) is 0 Å². The van der Waals surface area contributed by atoms with E-state index in [2.05, 4.69) is 0 Å². The van der Waals surface area contributed by atoms with Crippen LogP contribution in [0.2, 0.25) is 15.5 Å². The van der Waals surface area contributed by atoms with Gasteiger partial charge in [0, 0.05) is 29.2 Å². The minimum Gasteiger partial charge on any atom is -0.384 e. The molecule has 39 heavy (non-hydrogen) atoms. The lowest BCUT2D eigenvalue weighted by atomic mass is 9.21. The number of carbonyl (C=O) groups excluding carboxylic acids is 4. The van der Waals surface area contributed by atoms with Crippen LogP contribution in [0.5, 0.6) is 0 Å². The lowest BCUT2D eigenvalue weighted by Crippen LogP contribution is -2.75. The minimum absolute atomic E-state index is 0.102. The van der Waals surface area contributed by atoms with Crippen LogP contribution in [0.25, 0.3) is 0 Å². The van der Waals surface area contributed by atoms with Gasteiger partial charge in [0.2, 0.25) is 27.8 Å². The second kappa shape index (κ2) is 9.35. The first-order valence-electron chi connectivity index (χ1n) is 12.5. The monoisotopic (exact) mass is 545 g/mol. The first-order chi connectivity index (χ1) is 17.9. The molecule has 4 amide bonds. The maximum Gasteiger partial charge on any atom is 0.348 e. The Bertz CT molecular complexity index is 1410. The second-order valence-electron chi connectivity index (χ2n) is 11.6. The van der Waals surface area contributed by atoms with Crippen molar-refractivity contribution in [2.45, 2.75) is 34.9 Å². The number of benzene rings is 2. The van der Waals surface area contributed by atoms with Crippen molar-refractivity contribution in [3.05, 3.63) is 69.7 Å². The van der Waals surface area contributed by atoms with Crippen LogP contribution in [0.4, 0.5) is 8.78 Å². The largest absolute Gasteiger partial charge is 0.384 e. The zero-order chi connectivity index (χ0) is 29.3. The van der Waals surface area contributed by atoms with Gasteiger partial charge in [0.05, 0.1) is 5.44 Å². The zero-order valence-electron chi connectivity index (χ0n) is 23.1. The molecule has 0 aliphatic carbocycles. The number of piperidine rings is 1. The predicted octanol–water partition coefficient (Wildman–Crippen LogP) is -4.02. The summed E-state index contributed by atoms with van der Waals surface area (Å²) in [5.41, 5.74) is -0.231. The van der Waals surface area contributed by atoms with E-state index in [0.29, 0.717) is 16.7 Å². The highest BCUT2D eigenvalue weighted by Gasteiger charge is 2.65. The van der Waals surface area contributed by atoms with Gasteiger partial charge in [-0.15, -0.1) is 0 Å². The number of fused-ring (bicyclic) bond motifs is 1. The molecular formula is C22H25B7ClF2N3O4. The lowest BCUT2D eigenvalue weighted by molar-refractivity contribution is -0.154. The van der Waals surface area contributed by atoms with Crippen LogP contribution >= 0.6 is 11.6 Å². The fourth-order valence-electron chi connectivity index (χ4n) is 5.64. The summed E-state index contributed by atoms with van der Waals surface area (Å²) in [6.45, 7) is -0.0141. The molecule has 1 atom stereocenters. The van der Waals surface area contributed by atoms with Crippen molar-refractivity contribution >= 4 is 90.4 Å². The third-order valence-electron chi connectivity index (χ3n) is 9.10. The van der Waals surface area contributed by atoms with Crippen molar-refractivity contribution in [2.75, 3.05) is 0 Å². The summed E-state index contributed by atoms with van der Waals surface area (Å²) in [7, 11) is 11.6. The number of alkyl halides is 2.